The summed E-state index contributed by atoms with van der Waals surface area (Å²) in [7, 11) is 0. The summed E-state index contributed by atoms with van der Waals surface area (Å²) in [6.07, 6.45) is 0.0928. The molecule has 2 rings (SSSR count). The van der Waals surface area contributed by atoms with Gasteiger partial charge in [-0.1, -0.05) is 12.1 Å². The number of nitriles is 1. The molecule has 1 amide bonds. The number of carbonyl (C=O) groups excluding carboxylic acids is 2. The molecular weight excluding hydrogens is 318 g/mol. The van der Waals surface area contributed by atoms with E-state index in [0.717, 1.165) is 5.56 Å². The maximum Gasteiger partial charge on any atom is 0.340 e. The fraction of sp³-hybridized carbons (Fsp3) is 0.316. The molecule has 1 heterocycles. The van der Waals surface area contributed by atoms with Gasteiger partial charge in [-0.05, 0) is 51.0 Å². The summed E-state index contributed by atoms with van der Waals surface area (Å²) >= 11 is 0. The van der Waals surface area contributed by atoms with Crippen molar-refractivity contribution in [2.45, 2.75) is 40.2 Å². The standard InChI is InChI=1S/C19H21N3O3/c1-11(2)25-19(24)16-12(3)17(21-13(16)4)18(23)22-15-7-5-14(6-8-15)9-10-20/h5-8,11,21H,9H2,1-4H3,(H,22,23). The van der Waals surface area contributed by atoms with Crippen molar-refractivity contribution in [2.24, 2.45) is 0 Å². The summed E-state index contributed by atoms with van der Waals surface area (Å²) in [6, 6.07) is 9.13. The number of amides is 1. The fourth-order valence-electron chi connectivity index (χ4n) is 2.55. The molecule has 0 atom stereocenters. The number of ether oxygens (including phenoxy) is 1. The minimum Gasteiger partial charge on any atom is -0.459 e. The average Bonchev–Trinajstić information content (AvgIpc) is 2.83. The number of anilines is 1. The number of esters is 1. The van der Waals surface area contributed by atoms with E-state index in [1.807, 2.05) is 0 Å². The number of nitrogens with one attached hydrogen (secondary N) is 2. The minimum absolute atomic E-state index is 0.231. The lowest BCUT2D eigenvalue weighted by Crippen LogP contribution is -2.15. The van der Waals surface area contributed by atoms with Crippen LogP contribution in [0.15, 0.2) is 24.3 Å². The summed E-state index contributed by atoms with van der Waals surface area (Å²) in [5.41, 5.74) is 3.37. The third kappa shape index (κ3) is 4.27. The molecule has 0 aliphatic carbocycles. The topological polar surface area (TPSA) is 95.0 Å². The van der Waals surface area contributed by atoms with Crippen molar-refractivity contribution in [3.63, 3.8) is 0 Å². The van der Waals surface area contributed by atoms with E-state index < -0.39 is 5.97 Å². The normalized spacial score (nSPS) is 10.4. The Morgan fingerprint density at radius 2 is 1.88 bits per heavy atom. The van der Waals surface area contributed by atoms with E-state index in [1.165, 1.54) is 0 Å². The molecule has 1 aromatic carbocycles. The second-order valence-electron chi connectivity index (χ2n) is 6.07. The van der Waals surface area contributed by atoms with E-state index >= 15 is 0 Å². The summed E-state index contributed by atoms with van der Waals surface area (Å²) in [6.45, 7) is 7.00. The Balaban J connectivity index is 2.20. The molecule has 1 aromatic heterocycles. The van der Waals surface area contributed by atoms with Crippen molar-refractivity contribution >= 4 is 17.6 Å². The predicted molar refractivity (Wildman–Crippen MR) is 94.5 cm³/mol. The number of aromatic nitrogens is 1. The molecule has 130 valence electrons. The zero-order chi connectivity index (χ0) is 18.6. The Morgan fingerprint density at radius 1 is 1.24 bits per heavy atom. The molecule has 0 radical (unpaired) electrons. The van der Waals surface area contributed by atoms with Gasteiger partial charge in [-0.25, -0.2) is 4.79 Å². The molecule has 6 heteroatoms. The van der Waals surface area contributed by atoms with Gasteiger partial charge >= 0.3 is 5.97 Å². The highest BCUT2D eigenvalue weighted by atomic mass is 16.5. The Kier molecular flexibility index (Phi) is 5.60. The molecule has 0 fully saturated rings. The summed E-state index contributed by atoms with van der Waals surface area (Å²) in [4.78, 5) is 27.7. The Morgan fingerprint density at radius 3 is 2.44 bits per heavy atom. The quantitative estimate of drug-likeness (QED) is 0.815. The zero-order valence-electron chi connectivity index (χ0n) is 14.8. The molecular formula is C19H21N3O3. The molecule has 6 nitrogen and oxygen atoms in total. The molecule has 0 bridgehead atoms. The molecule has 0 aliphatic rings. The van der Waals surface area contributed by atoms with Gasteiger partial charge in [0.05, 0.1) is 24.2 Å². The number of rotatable bonds is 5. The van der Waals surface area contributed by atoms with Gasteiger partial charge in [0.15, 0.2) is 0 Å². The van der Waals surface area contributed by atoms with Crippen LogP contribution in [0.4, 0.5) is 5.69 Å². The van der Waals surface area contributed by atoms with Gasteiger partial charge in [-0.2, -0.15) is 5.26 Å². The van der Waals surface area contributed by atoms with Crippen LogP contribution in [0, 0.1) is 25.2 Å². The molecule has 0 saturated carbocycles. The first-order chi connectivity index (χ1) is 11.8. The van der Waals surface area contributed by atoms with Crippen molar-refractivity contribution in [1.82, 2.24) is 4.98 Å². The van der Waals surface area contributed by atoms with Crippen LogP contribution in [0.2, 0.25) is 0 Å². The number of hydrogen-bond acceptors (Lipinski definition) is 4. The third-order valence-electron chi connectivity index (χ3n) is 3.71. The van der Waals surface area contributed by atoms with E-state index in [0.29, 0.717) is 34.6 Å². The molecule has 0 spiro atoms. The van der Waals surface area contributed by atoms with Crippen LogP contribution in [-0.4, -0.2) is 23.0 Å². The van der Waals surface area contributed by atoms with Crippen LogP contribution in [0.3, 0.4) is 0 Å². The largest absolute Gasteiger partial charge is 0.459 e. The number of benzene rings is 1. The predicted octanol–water partition coefficient (Wildman–Crippen LogP) is 3.52. The lowest BCUT2D eigenvalue weighted by Gasteiger charge is -2.08. The molecule has 0 saturated heterocycles. The van der Waals surface area contributed by atoms with E-state index in [9.17, 15) is 9.59 Å². The van der Waals surface area contributed by atoms with Crippen molar-refractivity contribution in [3.8, 4) is 6.07 Å². The maximum atomic E-state index is 12.5. The number of H-pyrrole nitrogens is 1. The molecule has 0 aliphatic heterocycles. The van der Waals surface area contributed by atoms with Crippen LogP contribution in [-0.2, 0) is 11.2 Å². The first-order valence-electron chi connectivity index (χ1n) is 8.00. The first-order valence-corrected chi connectivity index (χ1v) is 8.00. The smallest absolute Gasteiger partial charge is 0.340 e. The van der Waals surface area contributed by atoms with Gasteiger partial charge < -0.3 is 15.0 Å². The highest BCUT2D eigenvalue weighted by Crippen LogP contribution is 2.21. The fourth-order valence-corrected chi connectivity index (χ4v) is 2.55. The minimum atomic E-state index is -0.443. The average molecular weight is 339 g/mol. The van der Waals surface area contributed by atoms with Gasteiger partial charge in [0, 0.05) is 11.4 Å². The SMILES string of the molecule is Cc1[nH]c(C(=O)Nc2ccc(CC#N)cc2)c(C)c1C(=O)OC(C)C. The van der Waals surface area contributed by atoms with Crippen LogP contribution in [0.25, 0.3) is 0 Å². The molecule has 0 unspecified atom stereocenters. The van der Waals surface area contributed by atoms with Crippen LogP contribution >= 0.6 is 0 Å². The van der Waals surface area contributed by atoms with Gasteiger partial charge in [0.1, 0.15) is 5.69 Å². The highest BCUT2D eigenvalue weighted by molar-refractivity contribution is 6.06. The van der Waals surface area contributed by atoms with Gasteiger partial charge in [-0.15, -0.1) is 0 Å². The van der Waals surface area contributed by atoms with E-state index in [2.05, 4.69) is 16.4 Å². The lowest BCUT2D eigenvalue weighted by atomic mass is 10.1. The number of hydrogen-bond donors (Lipinski definition) is 2. The maximum absolute atomic E-state index is 12.5. The third-order valence-corrected chi connectivity index (χ3v) is 3.71. The van der Waals surface area contributed by atoms with Crippen molar-refractivity contribution in [2.75, 3.05) is 5.32 Å². The van der Waals surface area contributed by atoms with Gasteiger partial charge in [0.2, 0.25) is 0 Å². The second kappa shape index (κ2) is 7.67. The monoisotopic (exact) mass is 339 g/mol. The van der Waals surface area contributed by atoms with Crippen molar-refractivity contribution in [3.05, 3.63) is 52.3 Å². The Hall–Kier alpha value is -3.07. The summed E-state index contributed by atoms with van der Waals surface area (Å²) < 4.78 is 5.23. The van der Waals surface area contributed by atoms with Crippen LogP contribution < -0.4 is 5.32 Å². The number of nitrogens with zero attached hydrogens (tertiary/aromatic N) is 1. The van der Waals surface area contributed by atoms with Crippen LogP contribution in [0.5, 0.6) is 0 Å². The van der Waals surface area contributed by atoms with Crippen LogP contribution in [0.1, 0.15) is 51.5 Å². The highest BCUT2D eigenvalue weighted by Gasteiger charge is 2.23. The lowest BCUT2D eigenvalue weighted by molar-refractivity contribution is 0.0376. The first kappa shape index (κ1) is 18.3. The summed E-state index contributed by atoms with van der Waals surface area (Å²) in [5, 5.41) is 11.5. The van der Waals surface area contributed by atoms with Crippen molar-refractivity contribution in [1.29, 1.82) is 5.26 Å². The zero-order valence-corrected chi connectivity index (χ0v) is 14.8. The molecule has 2 aromatic rings. The van der Waals surface area contributed by atoms with E-state index in [1.54, 1.807) is 52.0 Å². The second-order valence-corrected chi connectivity index (χ2v) is 6.07. The van der Waals surface area contributed by atoms with Gasteiger partial charge in [-0.3, -0.25) is 4.79 Å². The number of aromatic amines is 1. The molecule has 25 heavy (non-hydrogen) atoms. The number of aryl methyl sites for hydroxylation is 1. The van der Waals surface area contributed by atoms with Crippen molar-refractivity contribution < 1.29 is 14.3 Å². The number of carbonyl (C=O) groups is 2. The Labute approximate surface area is 146 Å². The van der Waals surface area contributed by atoms with Gasteiger partial charge in [0.25, 0.3) is 5.91 Å². The molecule has 2 N–H and O–H groups in total. The Bertz CT molecular complexity index is 827. The summed E-state index contributed by atoms with van der Waals surface area (Å²) in [5.74, 6) is -0.779. The van der Waals surface area contributed by atoms with E-state index in [-0.39, 0.29) is 12.0 Å². The van der Waals surface area contributed by atoms with E-state index in [4.69, 9.17) is 10.00 Å².